The van der Waals surface area contributed by atoms with Crippen LogP contribution >= 0.6 is 47.8 Å². The molecule has 0 radical (unpaired) electrons. The third-order valence-corrected chi connectivity index (χ3v) is 3.68. The highest BCUT2D eigenvalue weighted by Gasteiger charge is 2.12. The molecule has 0 aliphatic carbocycles. The molecule has 1 aromatic heterocycles. The molecule has 4 nitrogen and oxygen atoms in total. The van der Waals surface area contributed by atoms with Crippen molar-refractivity contribution in [3.63, 3.8) is 0 Å². The highest BCUT2D eigenvalue weighted by atomic mass is 79.9. The molecule has 1 N–H and O–H groups in total. The summed E-state index contributed by atoms with van der Waals surface area (Å²) in [5.41, 5.74) is 0.536. The zero-order valence-corrected chi connectivity index (χ0v) is 13.6. The summed E-state index contributed by atoms with van der Waals surface area (Å²) in [7, 11) is 0. The summed E-state index contributed by atoms with van der Waals surface area (Å²) < 4.78 is 1.79. The molecule has 0 aliphatic rings. The van der Waals surface area contributed by atoms with Crippen molar-refractivity contribution in [2.24, 2.45) is 0 Å². The predicted molar refractivity (Wildman–Crippen MR) is 79.5 cm³/mol. The molecular formula is C11H6Br3N3O. The molecule has 0 unspecified atom stereocenters. The summed E-state index contributed by atoms with van der Waals surface area (Å²) in [5.74, 6) is 0.124. The predicted octanol–water partition coefficient (Wildman–Crippen LogP) is 4.02. The van der Waals surface area contributed by atoms with E-state index in [2.05, 4.69) is 63.1 Å². The van der Waals surface area contributed by atoms with E-state index in [1.807, 2.05) is 6.07 Å². The van der Waals surface area contributed by atoms with Crippen molar-refractivity contribution in [2.45, 2.75) is 0 Å². The molecule has 0 atom stereocenters. The first kappa shape index (κ1) is 13.6. The van der Waals surface area contributed by atoms with E-state index < -0.39 is 0 Å². The van der Waals surface area contributed by atoms with E-state index in [4.69, 9.17) is 0 Å². The van der Waals surface area contributed by atoms with Crippen LogP contribution in [0, 0.1) is 0 Å². The summed E-state index contributed by atoms with van der Waals surface area (Å²) in [6.45, 7) is 0. The van der Waals surface area contributed by atoms with Crippen molar-refractivity contribution in [3.8, 4) is 0 Å². The number of nitrogens with zero attached hydrogens (tertiary/aromatic N) is 2. The molecule has 0 spiro atoms. The van der Waals surface area contributed by atoms with Crippen LogP contribution in [0.1, 0.15) is 10.4 Å². The van der Waals surface area contributed by atoms with E-state index in [0.29, 0.717) is 20.6 Å². The number of carbonyl (C=O) groups is 1. The van der Waals surface area contributed by atoms with Crippen LogP contribution in [0.5, 0.6) is 0 Å². The SMILES string of the molecule is O=C(Nc1ncc(Br)nc1Br)c1ccccc1Br. The normalized spacial score (nSPS) is 10.2. The van der Waals surface area contributed by atoms with E-state index in [9.17, 15) is 4.79 Å². The third kappa shape index (κ3) is 3.15. The second-order valence-corrected chi connectivity index (χ2v) is 5.68. The Morgan fingerprint density at radius 2 is 1.89 bits per heavy atom. The van der Waals surface area contributed by atoms with Gasteiger partial charge in [0.05, 0.1) is 11.8 Å². The molecule has 0 aliphatic heterocycles. The number of carbonyl (C=O) groups excluding carboxylic acids is 1. The standard InChI is InChI=1S/C11H6Br3N3O/c12-7-4-2-1-3-6(7)11(18)17-10-9(14)16-8(13)5-15-10/h1-5H,(H,15,17,18). The van der Waals surface area contributed by atoms with Gasteiger partial charge in [-0.15, -0.1) is 0 Å². The topological polar surface area (TPSA) is 54.9 Å². The van der Waals surface area contributed by atoms with Gasteiger partial charge in [0.1, 0.15) is 9.21 Å². The van der Waals surface area contributed by atoms with Crippen LogP contribution in [0.4, 0.5) is 5.82 Å². The van der Waals surface area contributed by atoms with Gasteiger partial charge in [-0.05, 0) is 59.9 Å². The Balaban J connectivity index is 2.24. The van der Waals surface area contributed by atoms with Gasteiger partial charge in [-0.25, -0.2) is 9.97 Å². The van der Waals surface area contributed by atoms with E-state index in [0.717, 1.165) is 4.47 Å². The molecule has 2 rings (SSSR count). The van der Waals surface area contributed by atoms with Crippen molar-refractivity contribution in [1.82, 2.24) is 9.97 Å². The van der Waals surface area contributed by atoms with Crippen LogP contribution in [0.15, 0.2) is 44.1 Å². The van der Waals surface area contributed by atoms with Crippen molar-refractivity contribution >= 4 is 59.5 Å². The molecule has 1 amide bonds. The highest BCUT2D eigenvalue weighted by molar-refractivity contribution is 9.11. The minimum absolute atomic E-state index is 0.250. The fraction of sp³-hybridized carbons (Fsp3) is 0. The van der Waals surface area contributed by atoms with Gasteiger partial charge < -0.3 is 5.32 Å². The van der Waals surface area contributed by atoms with Crippen LogP contribution in [0.25, 0.3) is 0 Å². The summed E-state index contributed by atoms with van der Waals surface area (Å²) in [5, 5.41) is 2.68. The van der Waals surface area contributed by atoms with Crippen LogP contribution < -0.4 is 5.32 Å². The molecule has 0 bridgehead atoms. The van der Waals surface area contributed by atoms with Gasteiger partial charge in [-0.2, -0.15) is 0 Å². The van der Waals surface area contributed by atoms with Crippen molar-refractivity contribution in [3.05, 3.63) is 49.7 Å². The molecule has 7 heteroatoms. The Morgan fingerprint density at radius 3 is 2.56 bits per heavy atom. The first-order chi connectivity index (χ1) is 8.58. The Labute approximate surface area is 129 Å². The maximum Gasteiger partial charge on any atom is 0.258 e. The molecule has 92 valence electrons. The fourth-order valence-electron chi connectivity index (χ4n) is 1.25. The van der Waals surface area contributed by atoms with Crippen LogP contribution in [-0.2, 0) is 0 Å². The average molecular weight is 436 g/mol. The molecule has 0 saturated heterocycles. The maximum atomic E-state index is 12.0. The van der Waals surface area contributed by atoms with Gasteiger partial charge in [0.25, 0.3) is 5.91 Å². The minimum atomic E-state index is -0.250. The van der Waals surface area contributed by atoms with E-state index >= 15 is 0 Å². The molecule has 18 heavy (non-hydrogen) atoms. The number of halogens is 3. The van der Waals surface area contributed by atoms with Gasteiger partial charge in [0, 0.05) is 4.47 Å². The highest BCUT2D eigenvalue weighted by Crippen LogP contribution is 2.22. The van der Waals surface area contributed by atoms with E-state index in [1.54, 1.807) is 18.2 Å². The summed E-state index contributed by atoms with van der Waals surface area (Å²) in [6, 6.07) is 7.16. The van der Waals surface area contributed by atoms with Crippen molar-refractivity contribution in [1.29, 1.82) is 0 Å². The van der Waals surface area contributed by atoms with Gasteiger partial charge in [-0.3, -0.25) is 4.79 Å². The summed E-state index contributed by atoms with van der Waals surface area (Å²) >= 11 is 9.76. The number of rotatable bonds is 2. The van der Waals surface area contributed by atoms with E-state index in [-0.39, 0.29) is 5.91 Å². The molecule has 0 saturated carbocycles. The lowest BCUT2D eigenvalue weighted by molar-refractivity contribution is 0.102. The number of amides is 1. The largest absolute Gasteiger partial charge is 0.304 e. The van der Waals surface area contributed by atoms with Gasteiger partial charge in [-0.1, -0.05) is 12.1 Å². The first-order valence-electron chi connectivity index (χ1n) is 4.82. The Kier molecular flexibility index (Phi) is 4.47. The van der Waals surface area contributed by atoms with Gasteiger partial charge in [0.2, 0.25) is 0 Å². The van der Waals surface area contributed by atoms with Gasteiger partial charge in [0.15, 0.2) is 5.82 Å². The van der Waals surface area contributed by atoms with Crippen LogP contribution in [0.2, 0.25) is 0 Å². The maximum absolute atomic E-state index is 12.0. The second-order valence-electron chi connectivity index (χ2n) is 3.27. The lowest BCUT2D eigenvalue weighted by Gasteiger charge is -2.07. The number of hydrogen-bond acceptors (Lipinski definition) is 3. The molecular weight excluding hydrogens is 430 g/mol. The smallest absolute Gasteiger partial charge is 0.258 e. The lowest BCUT2D eigenvalue weighted by Crippen LogP contribution is -2.14. The minimum Gasteiger partial charge on any atom is -0.304 e. The summed E-state index contributed by atoms with van der Waals surface area (Å²) in [4.78, 5) is 20.2. The number of benzene rings is 1. The fourth-order valence-corrected chi connectivity index (χ4v) is 2.63. The second kappa shape index (κ2) is 5.90. The van der Waals surface area contributed by atoms with Crippen molar-refractivity contribution in [2.75, 3.05) is 5.32 Å². The number of anilines is 1. The number of aromatic nitrogens is 2. The quantitative estimate of drug-likeness (QED) is 0.775. The monoisotopic (exact) mass is 433 g/mol. The first-order valence-corrected chi connectivity index (χ1v) is 7.20. The summed E-state index contributed by atoms with van der Waals surface area (Å²) in [6.07, 6.45) is 1.51. The zero-order valence-electron chi connectivity index (χ0n) is 8.82. The molecule has 1 heterocycles. The van der Waals surface area contributed by atoms with Crippen LogP contribution in [-0.4, -0.2) is 15.9 Å². The number of nitrogens with one attached hydrogen (secondary N) is 1. The molecule has 0 fully saturated rings. The molecule has 2 aromatic rings. The van der Waals surface area contributed by atoms with E-state index in [1.165, 1.54) is 6.20 Å². The number of hydrogen-bond donors (Lipinski definition) is 1. The Hall–Kier alpha value is -0.790. The Morgan fingerprint density at radius 1 is 1.17 bits per heavy atom. The van der Waals surface area contributed by atoms with Crippen LogP contribution in [0.3, 0.4) is 0 Å². The average Bonchev–Trinajstić information content (AvgIpc) is 2.33. The third-order valence-electron chi connectivity index (χ3n) is 2.05. The van der Waals surface area contributed by atoms with Gasteiger partial charge >= 0.3 is 0 Å². The zero-order chi connectivity index (χ0) is 13.1. The van der Waals surface area contributed by atoms with Crippen molar-refractivity contribution < 1.29 is 4.79 Å². The lowest BCUT2D eigenvalue weighted by atomic mass is 10.2. The molecule has 1 aromatic carbocycles. The Bertz CT molecular complexity index is 604.